The Kier molecular flexibility index (Phi) is 4.51. The molecule has 0 fully saturated rings. The Morgan fingerprint density at radius 3 is 2.11 bits per heavy atom. The van der Waals surface area contributed by atoms with Gasteiger partial charge in [0, 0.05) is 0 Å². The lowest BCUT2D eigenvalue weighted by atomic mass is 10.00. The van der Waals surface area contributed by atoms with Crippen LogP contribution in [0.2, 0.25) is 0 Å². The number of carbonyl (C=O) groups is 1. The van der Waals surface area contributed by atoms with Crippen LogP contribution in [0.25, 0.3) is 5.57 Å². The third kappa shape index (κ3) is 4.11. The highest BCUT2D eigenvalue weighted by Crippen LogP contribution is 2.19. The lowest BCUT2D eigenvalue weighted by Gasteiger charge is -2.05. The van der Waals surface area contributed by atoms with Gasteiger partial charge in [0.05, 0.1) is 6.42 Å². The molecule has 96 valence electrons. The topological polar surface area (TPSA) is 37.3 Å². The van der Waals surface area contributed by atoms with E-state index in [9.17, 15) is 4.79 Å². The maximum atomic E-state index is 11.0. The van der Waals surface area contributed by atoms with E-state index in [1.165, 1.54) is 5.56 Å². The Balaban J connectivity index is 2.20. The second-order valence-corrected chi connectivity index (χ2v) is 4.36. The molecule has 0 aliphatic rings. The number of carboxylic acid groups (broad SMARTS) is 1. The van der Waals surface area contributed by atoms with E-state index < -0.39 is 5.97 Å². The van der Waals surface area contributed by atoms with Gasteiger partial charge in [-0.3, -0.25) is 4.79 Å². The molecule has 0 unspecified atom stereocenters. The maximum Gasteiger partial charge on any atom is 0.307 e. The van der Waals surface area contributed by atoms with Gasteiger partial charge < -0.3 is 5.11 Å². The lowest BCUT2D eigenvalue weighted by Crippen LogP contribution is -1.97. The van der Waals surface area contributed by atoms with Crippen molar-refractivity contribution < 1.29 is 9.90 Å². The molecule has 2 nitrogen and oxygen atoms in total. The standard InChI is InChI=1S/C17H16O2/c18-17(19)13-16(15-9-5-2-6-10-15)12-11-14-7-3-1-4-8-14/h1-10,12H,11,13H2,(H,18,19). The molecule has 0 aromatic heterocycles. The fraction of sp³-hybridized carbons (Fsp3) is 0.118. The molecule has 2 aromatic carbocycles. The highest BCUT2D eigenvalue weighted by molar-refractivity contribution is 5.84. The number of hydrogen-bond donors (Lipinski definition) is 1. The third-order valence-corrected chi connectivity index (χ3v) is 2.91. The van der Waals surface area contributed by atoms with Gasteiger partial charge in [-0.15, -0.1) is 0 Å². The molecule has 0 aliphatic carbocycles. The average molecular weight is 252 g/mol. The summed E-state index contributed by atoms with van der Waals surface area (Å²) in [6, 6.07) is 19.7. The minimum Gasteiger partial charge on any atom is -0.481 e. The summed E-state index contributed by atoms with van der Waals surface area (Å²) in [7, 11) is 0. The third-order valence-electron chi connectivity index (χ3n) is 2.91. The molecule has 0 bridgehead atoms. The number of allylic oxidation sites excluding steroid dienone is 1. The quantitative estimate of drug-likeness (QED) is 0.879. The van der Waals surface area contributed by atoms with Gasteiger partial charge in [-0.2, -0.15) is 0 Å². The van der Waals surface area contributed by atoms with Crippen LogP contribution in [-0.2, 0) is 11.2 Å². The second-order valence-electron chi connectivity index (χ2n) is 4.36. The van der Waals surface area contributed by atoms with Crippen molar-refractivity contribution in [2.24, 2.45) is 0 Å². The van der Waals surface area contributed by atoms with Crippen molar-refractivity contribution in [2.45, 2.75) is 12.8 Å². The van der Waals surface area contributed by atoms with Crippen molar-refractivity contribution in [1.82, 2.24) is 0 Å². The molecule has 0 radical (unpaired) electrons. The van der Waals surface area contributed by atoms with E-state index in [2.05, 4.69) is 0 Å². The van der Waals surface area contributed by atoms with Crippen molar-refractivity contribution in [2.75, 3.05) is 0 Å². The van der Waals surface area contributed by atoms with Crippen LogP contribution in [-0.4, -0.2) is 11.1 Å². The SMILES string of the molecule is O=C(O)CC(=CCc1ccccc1)c1ccccc1. The van der Waals surface area contributed by atoms with E-state index in [0.717, 1.165) is 17.6 Å². The highest BCUT2D eigenvalue weighted by Gasteiger charge is 2.06. The number of aliphatic carboxylic acids is 1. The normalized spacial score (nSPS) is 11.3. The van der Waals surface area contributed by atoms with Crippen LogP contribution in [0.4, 0.5) is 0 Å². The summed E-state index contributed by atoms with van der Waals surface area (Å²) in [6.45, 7) is 0. The number of hydrogen-bond acceptors (Lipinski definition) is 1. The van der Waals surface area contributed by atoms with E-state index in [0.29, 0.717) is 0 Å². The van der Waals surface area contributed by atoms with Gasteiger partial charge in [-0.25, -0.2) is 0 Å². The highest BCUT2D eigenvalue weighted by atomic mass is 16.4. The number of carboxylic acids is 1. The Morgan fingerprint density at radius 2 is 1.53 bits per heavy atom. The number of rotatable bonds is 5. The molecular weight excluding hydrogens is 236 g/mol. The van der Waals surface area contributed by atoms with Gasteiger partial charge >= 0.3 is 5.97 Å². The van der Waals surface area contributed by atoms with Crippen LogP contribution in [0.3, 0.4) is 0 Å². The van der Waals surface area contributed by atoms with Gasteiger partial charge in [0.15, 0.2) is 0 Å². The first-order valence-electron chi connectivity index (χ1n) is 6.26. The molecule has 0 saturated heterocycles. The summed E-state index contributed by atoms with van der Waals surface area (Å²) in [5.74, 6) is -0.803. The fourth-order valence-electron chi connectivity index (χ4n) is 1.96. The van der Waals surface area contributed by atoms with Gasteiger partial charge in [0.1, 0.15) is 0 Å². The zero-order chi connectivity index (χ0) is 13.5. The molecule has 0 atom stereocenters. The summed E-state index contributed by atoms with van der Waals surface area (Å²) < 4.78 is 0. The Labute approximate surface area is 113 Å². The molecule has 0 heterocycles. The van der Waals surface area contributed by atoms with E-state index in [1.807, 2.05) is 66.7 Å². The molecule has 19 heavy (non-hydrogen) atoms. The van der Waals surface area contributed by atoms with Gasteiger partial charge in [-0.05, 0) is 23.1 Å². The molecular formula is C17H16O2. The van der Waals surface area contributed by atoms with Crippen LogP contribution in [0.1, 0.15) is 17.5 Å². The molecule has 2 heteroatoms. The summed E-state index contributed by atoms with van der Waals surface area (Å²) in [5, 5.41) is 9.00. The summed E-state index contributed by atoms with van der Waals surface area (Å²) in [5.41, 5.74) is 3.01. The fourth-order valence-corrected chi connectivity index (χ4v) is 1.96. The molecule has 1 N–H and O–H groups in total. The molecule has 0 amide bonds. The molecule has 0 spiro atoms. The smallest absolute Gasteiger partial charge is 0.307 e. The second kappa shape index (κ2) is 6.55. The van der Waals surface area contributed by atoms with Crippen LogP contribution < -0.4 is 0 Å². The van der Waals surface area contributed by atoms with E-state index in [-0.39, 0.29) is 6.42 Å². The predicted molar refractivity (Wildman–Crippen MR) is 76.8 cm³/mol. The van der Waals surface area contributed by atoms with Crippen molar-refractivity contribution in [3.05, 3.63) is 77.9 Å². The first-order chi connectivity index (χ1) is 9.25. The predicted octanol–water partition coefficient (Wildman–Crippen LogP) is 3.79. The van der Waals surface area contributed by atoms with Crippen LogP contribution in [0.15, 0.2) is 66.7 Å². The molecule has 0 aliphatic heterocycles. The Bertz CT molecular complexity index is 556. The van der Waals surface area contributed by atoms with Crippen LogP contribution in [0.5, 0.6) is 0 Å². The Hall–Kier alpha value is -2.35. The first-order valence-corrected chi connectivity index (χ1v) is 6.26. The van der Waals surface area contributed by atoms with Crippen LogP contribution in [0, 0.1) is 0 Å². The van der Waals surface area contributed by atoms with Crippen molar-refractivity contribution in [3.63, 3.8) is 0 Å². The Morgan fingerprint density at radius 1 is 0.947 bits per heavy atom. The average Bonchev–Trinajstić information content (AvgIpc) is 2.45. The maximum absolute atomic E-state index is 11.0. The summed E-state index contributed by atoms with van der Waals surface area (Å²) in [6.07, 6.45) is 2.80. The van der Waals surface area contributed by atoms with Crippen molar-refractivity contribution in [3.8, 4) is 0 Å². The van der Waals surface area contributed by atoms with E-state index in [4.69, 9.17) is 5.11 Å². The first kappa shape index (κ1) is 13.1. The van der Waals surface area contributed by atoms with Crippen molar-refractivity contribution >= 4 is 11.5 Å². The lowest BCUT2D eigenvalue weighted by molar-refractivity contribution is -0.135. The molecule has 0 saturated carbocycles. The minimum atomic E-state index is -0.803. The zero-order valence-corrected chi connectivity index (χ0v) is 10.6. The van der Waals surface area contributed by atoms with Crippen molar-refractivity contribution in [1.29, 1.82) is 0 Å². The van der Waals surface area contributed by atoms with Crippen LogP contribution >= 0.6 is 0 Å². The van der Waals surface area contributed by atoms with Gasteiger partial charge in [0.25, 0.3) is 0 Å². The monoisotopic (exact) mass is 252 g/mol. The molecule has 2 aromatic rings. The summed E-state index contributed by atoms with van der Waals surface area (Å²) >= 11 is 0. The summed E-state index contributed by atoms with van der Waals surface area (Å²) in [4.78, 5) is 11.0. The van der Waals surface area contributed by atoms with Gasteiger partial charge in [-0.1, -0.05) is 66.7 Å². The number of benzene rings is 2. The van der Waals surface area contributed by atoms with E-state index in [1.54, 1.807) is 0 Å². The van der Waals surface area contributed by atoms with E-state index >= 15 is 0 Å². The zero-order valence-electron chi connectivity index (χ0n) is 10.6. The van der Waals surface area contributed by atoms with Gasteiger partial charge in [0.2, 0.25) is 0 Å². The largest absolute Gasteiger partial charge is 0.481 e. The molecule has 2 rings (SSSR count). The minimum absolute atomic E-state index is 0.0524.